The van der Waals surface area contributed by atoms with Crippen molar-refractivity contribution in [2.75, 3.05) is 29.5 Å². The molecule has 5 heteroatoms. The Morgan fingerprint density at radius 1 is 1.19 bits per heavy atom. The summed E-state index contributed by atoms with van der Waals surface area (Å²) in [5, 5.41) is 0. The minimum absolute atomic E-state index is 0.240. The maximum absolute atomic E-state index is 11.3. The second-order valence-electron chi connectivity index (χ2n) is 3.90. The van der Waals surface area contributed by atoms with Crippen molar-refractivity contribution in [1.82, 2.24) is 0 Å². The maximum Gasteiger partial charge on any atom is 0.153 e. The summed E-state index contributed by atoms with van der Waals surface area (Å²) >= 11 is 5.86. The van der Waals surface area contributed by atoms with Crippen LogP contribution in [0.25, 0.3) is 0 Å². The summed E-state index contributed by atoms with van der Waals surface area (Å²) in [4.78, 5) is 2.10. The minimum Gasteiger partial charge on any atom is -0.369 e. The molecule has 0 aromatic heterocycles. The first-order chi connectivity index (χ1) is 7.62. The van der Waals surface area contributed by atoms with E-state index in [4.69, 9.17) is 11.6 Å². The van der Waals surface area contributed by atoms with Crippen LogP contribution >= 0.6 is 11.6 Å². The van der Waals surface area contributed by atoms with Gasteiger partial charge in [0.05, 0.1) is 11.5 Å². The van der Waals surface area contributed by atoms with Crippen LogP contribution in [0.3, 0.4) is 0 Å². The molecule has 0 amide bonds. The summed E-state index contributed by atoms with van der Waals surface area (Å²) in [5.41, 5.74) is 2.12. The fraction of sp³-hybridized carbons (Fsp3) is 0.455. The second-order valence-corrected chi connectivity index (χ2v) is 6.47. The van der Waals surface area contributed by atoms with Crippen LogP contribution in [0.5, 0.6) is 0 Å². The molecule has 3 nitrogen and oxygen atoms in total. The summed E-state index contributed by atoms with van der Waals surface area (Å²) in [6.45, 7) is 1.13. The lowest BCUT2D eigenvalue weighted by Crippen LogP contribution is -2.40. The fourth-order valence-corrected chi connectivity index (χ4v) is 3.31. The normalized spacial score (nSPS) is 19.7. The van der Waals surface area contributed by atoms with Crippen molar-refractivity contribution < 1.29 is 8.42 Å². The molecule has 1 fully saturated rings. The predicted octanol–water partition coefficient (Wildman–Crippen LogP) is 1.66. The lowest BCUT2D eigenvalue weighted by Gasteiger charge is -2.30. The van der Waals surface area contributed by atoms with Gasteiger partial charge >= 0.3 is 0 Å². The van der Waals surface area contributed by atoms with Crippen molar-refractivity contribution in [1.29, 1.82) is 0 Å². The second kappa shape index (κ2) is 4.63. The highest BCUT2D eigenvalue weighted by Crippen LogP contribution is 2.23. The van der Waals surface area contributed by atoms with Crippen LogP contribution in [0.4, 0.5) is 5.69 Å². The van der Waals surface area contributed by atoms with E-state index in [2.05, 4.69) is 4.90 Å². The number of rotatable bonds is 2. The van der Waals surface area contributed by atoms with E-state index in [1.165, 1.54) is 0 Å². The average Bonchev–Trinajstić information content (AvgIpc) is 2.29. The summed E-state index contributed by atoms with van der Waals surface area (Å²) in [5.74, 6) is 0.937. The molecule has 0 radical (unpaired) electrons. The van der Waals surface area contributed by atoms with Gasteiger partial charge in [-0.3, -0.25) is 0 Å². The van der Waals surface area contributed by atoms with Gasteiger partial charge in [0.15, 0.2) is 9.84 Å². The Labute approximate surface area is 101 Å². The van der Waals surface area contributed by atoms with Crippen LogP contribution in [0.15, 0.2) is 24.3 Å². The van der Waals surface area contributed by atoms with Crippen LogP contribution < -0.4 is 4.90 Å². The van der Waals surface area contributed by atoms with Crippen LogP contribution in [0.2, 0.25) is 0 Å². The van der Waals surface area contributed by atoms with E-state index in [1.54, 1.807) is 0 Å². The molecule has 1 aromatic rings. The molecule has 0 N–H and O–H groups in total. The molecule has 1 aliphatic rings. The van der Waals surface area contributed by atoms with E-state index in [1.807, 2.05) is 24.3 Å². The molecule has 0 spiro atoms. The lowest BCUT2D eigenvalue weighted by molar-refractivity contribution is 0.586. The number of sulfone groups is 1. The van der Waals surface area contributed by atoms with E-state index in [-0.39, 0.29) is 11.5 Å². The van der Waals surface area contributed by atoms with Gasteiger partial charge in [0.1, 0.15) is 0 Å². The first-order valence-corrected chi connectivity index (χ1v) is 7.57. The molecule has 16 heavy (non-hydrogen) atoms. The zero-order chi connectivity index (χ0) is 11.6. The zero-order valence-corrected chi connectivity index (χ0v) is 10.5. The van der Waals surface area contributed by atoms with E-state index < -0.39 is 9.84 Å². The van der Waals surface area contributed by atoms with Gasteiger partial charge < -0.3 is 4.90 Å². The molecule has 0 aliphatic carbocycles. The molecule has 0 saturated carbocycles. The van der Waals surface area contributed by atoms with Crippen LogP contribution in [0.1, 0.15) is 5.56 Å². The Balaban J connectivity index is 2.20. The van der Waals surface area contributed by atoms with Crippen LogP contribution in [-0.4, -0.2) is 33.0 Å². The topological polar surface area (TPSA) is 37.4 Å². The molecular weight excluding hydrogens is 246 g/mol. The van der Waals surface area contributed by atoms with Gasteiger partial charge in [-0.2, -0.15) is 0 Å². The molecular formula is C11H14ClNO2S. The number of benzene rings is 1. The zero-order valence-electron chi connectivity index (χ0n) is 8.89. The summed E-state index contributed by atoms with van der Waals surface area (Å²) in [6, 6.07) is 7.87. The SMILES string of the molecule is O=S1(=O)CCN(c2ccccc2CCl)CC1. The van der Waals surface area contributed by atoms with Gasteiger partial charge in [-0.25, -0.2) is 8.42 Å². The molecule has 0 unspecified atom stereocenters. The van der Waals surface area contributed by atoms with Crippen molar-refractivity contribution in [3.8, 4) is 0 Å². The molecule has 1 aromatic carbocycles. The largest absolute Gasteiger partial charge is 0.369 e. The molecule has 1 aliphatic heterocycles. The van der Waals surface area contributed by atoms with E-state index in [9.17, 15) is 8.42 Å². The van der Waals surface area contributed by atoms with E-state index in [0.717, 1.165) is 11.3 Å². The van der Waals surface area contributed by atoms with Gasteiger partial charge in [-0.15, -0.1) is 11.6 Å². The predicted molar refractivity (Wildman–Crippen MR) is 66.9 cm³/mol. The number of para-hydroxylation sites is 1. The molecule has 0 atom stereocenters. The Hall–Kier alpha value is -0.740. The number of hydrogen-bond donors (Lipinski definition) is 0. The number of halogens is 1. The Morgan fingerprint density at radius 3 is 2.44 bits per heavy atom. The van der Waals surface area contributed by atoms with Crippen molar-refractivity contribution >= 4 is 27.1 Å². The first kappa shape index (κ1) is 11.7. The third-order valence-corrected chi connectivity index (χ3v) is 4.72. The van der Waals surface area contributed by atoms with Gasteiger partial charge in [-0.1, -0.05) is 18.2 Å². The standard InChI is InChI=1S/C11H14ClNO2S/c12-9-10-3-1-2-4-11(10)13-5-7-16(14,15)8-6-13/h1-4H,5-9H2. The van der Waals surface area contributed by atoms with Gasteiger partial charge in [-0.05, 0) is 11.6 Å². The minimum atomic E-state index is -2.82. The monoisotopic (exact) mass is 259 g/mol. The molecule has 0 bridgehead atoms. The lowest BCUT2D eigenvalue weighted by atomic mass is 10.2. The van der Waals surface area contributed by atoms with Crippen molar-refractivity contribution in [2.45, 2.75) is 5.88 Å². The smallest absolute Gasteiger partial charge is 0.153 e. The average molecular weight is 260 g/mol. The highest BCUT2D eigenvalue weighted by molar-refractivity contribution is 7.91. The first-order valence-electron chi connectivity index (χ1n) is 5.21. The third-order valence-electron chi connectivity index (χ3n) is 2.82. The number of anilines is 1. The number of nitrogens with zero attached hydrogens (tertiary/aromatic N) is 1. The number of hydrogen-bond acceptors (Lipinski definition) is 3. The molecule has 2 rings (SSSR count). The van der Waals surface area contributed by atoms with Crippen molar-refractivity contribution in [2.24, 2.45) is 0 Å². The van der Waals surface area contributed by atoms with Gasteiger partial charge in [0.25, 0.3) is 0 Å². The molecule has 1 heterocycles. The summed E-state index contributed by atoms with van der Waals surface area (Å²) < 4.78 is 22.7. The highest BCUT2D eigenvalue weighted by Gasteiger charge is 2.22. The Kier molecular flexibility index (Phi) is 3.40. The van der Waals surface area contributed by atoms with Crippen molar-refractivity contribution in [3.63, 3.8) is 0 Å². The molecule has 88 valence electrons. The van der Waals surface area contributed by atoms with Crippen molar-refractivity contribution in [3.05, 3.63) is 29.8 Å². The van der Waals surface area contributed by atoms with Gasteiger partial charge in [0.2, 0.25) is 0 Å². The van der Waals surface area contributed by atoms with E-state index in [0.29, 0.717) is 19.0 Å². The summed E-state index contributed by atoms with van der Waals surface area (Å²) in [6.07, 6.45) is 0. The van der Waals surface area contributed by atoms with E-state index >= 15 is 0 Å². The Morgan fingerprint density at radius 2 is 1.81 bits per heavy atom. The molecule has 1 saturated heterocycles. The summed E-state index contributed by atoms with van der Waals surface area (Å²) in [7, 11) is -2.82. The van der Waals surface area contributed by atoms with Crippen LogP contribution in [-0.2, 0) is 15.7 Å². The highest BCUT2D eigenvalue weighted by atomic mass is 35.5. The van der Waals surface area contributed by atoms with Gasteiger partial charge in [0, 0.05) is 24.7 Å². The third kappa shape index (κ3) is 2.50. The fourth-order valence-electron chi connectivity index (χ4n) is 1.89. The Bertz CT molecular complexity index is 459. The van der Waals surface area contributed by atoms with Crippen LogP contribution in [0, 0.1) is 0 Å². The number of alkyl halides is 1. The maximum atomic E-state index is 11.3. The quantitative estimate of drug-likeness (QED) is 0.758.